The standard InChI is InChI=1S/C8H15N3O3S/c12-15(13,14)5-1-3-9-4-2-8-6-10-7-11-8/h6-7,9H,1-5H2,(H,10,11)(H,12,13,14). The summed E-state index contributed by atoms with van der Waals surface area (Å²) in [6.07, 6.45) is 4.66. The van der Waals surface area contributed by atoms with Crippen molar-refractivity contribution in [1.29, 1.82) is 0 Å². The molecule has 0 spiro atoms. The molecule has 1 heterocycles. The van der Waals surface area contributed by atoms with E-state index in [1.807, 2.05) is 6.20 Å². The number of H-pyrrole nitrogens is 1. The van der Waals surface area contributed by atoms with Gasteiger partial charge in [-0.3, -0.25) is 4.55 Å². The zero-order valence-electron chi connectivity index (χ0n) is 8.31. The molecular formula is C8H15N3O3S. The van der Waals surface area contributed by atoms with Crippen molar-refractivity contribution in [3.8, 4) is 0 Å². The Bertz CT molecular complexity index is 360. The zero-order chi connectivity index (χ0) is 11.1. The number of aromatic nitrogens is 2. The number of aromatic amines is 1. The summed E-state index contributed by atoms with van der Waals surface area (Å²) in [5.41, 5.74) is 0.970. The molecule has 15 heavy (non-hydrogen) atoms. The number of nitrogens with zero attached hydrogens (tertiary/aromatic N) is 1. The van der Waals surface area contributed by atoms with Gasteiger partial charge in [0.05, 0.1) is 17.8 Å². The van der Waals surface area contributed by atoms with E-state index in [-0.39, 0.29) is 5.75 Å². The van der Waals surface area contributed by atoms with E-state index in [1.54, 1.807) is 6.33 Å². The molecule has 0 radical (unpaired) electrons. The average Bonchev–Trinajstić information content (AvgIpc) is 2.61. The van der Waals surface area contributed by atoms with Gasteiger partial charge in [-0.1, -0.05) is 0 Å². The molecular weight excluding hydrogens is 218 g/mol. The van der Waals surface area contributed by atoms with Crippen LogP contribution in [0.4, 0.5) is 0 Å². The Labute approximate surface area is 88.9 Å². The minimum Gasteiger partial charge on any atom is -0.351 e. The van der Waals surface area contributed by atoms with E-state index in [0.29, 0.717) is 13.0 Å². The Balaban J connectivity index is 1.99. The van der Waals surface area contributed by atoms with Crippen molar-refractivity contribution < 1.29 is 13.0 Å². The molecule has 6 nitrogen and oxygen atoms in total. The number of nitrogens with one attached hydrogen (secondary N) is 2. The van der Waals surface area contributed by atoms with Crippen molar-refractivity contribution in [3.05, 3.63) is 18.2 Å². The van der Waals surface area contributed by atoms with E-state index in [4.69, 9.17) is 4.55 Å². The summed E-state index contributed by atoms with van der Waals surface area (Å²) < 4.78 is 29.2. The quantitative estimate of drug-likeness (QED) is 0.448. The van der Waals surface area contributed by atoms with Gasteiger partial charge in [-0.05, 0) is 13.0 Å². The largest absolute Gasteiger partial charge is 0.351 e. The second-order valence-corrected chi connectivity index (χ2v) is 4.77. The highest BCUT2D eigenvalue weighted by Crippen LogP contribution is 1.91. The first-order valence-electron chi connectivity index (χ1n) is 4.71. The van der Waals surface area contributed by atoms with Gasteiger partial charge in [-0.15, -0.1) is 0 Å². The van der Waals surface area contributed by atoms with Gasteiger partial charge < -0.3 is 10.3 Å². The van der Waals surface area contributed by atoms with E-state index in [1.165, 1.54) is 0 Å². The Hall–Kier alpha value is -0.920. The molecule has 3 N–H and O–H groups in total. The summed E-state index contributed by atoms with van der Waals surface area (Å²) in [6, 6.07) is 0. The van der Waals surface area contributed by atoms with Crippen molar-refractivity contribution in [2.45, 2.75) is 12.8 Å². The molecule has 0 aliphatic heterocycles. The van der Waals surface area contributed by atoms with Gasteiger partial charge in [-0.2, -0.15) is 8.42 Å². The van der Waals surface area contributed by atoms with E-state index in [0.717, 1.165) is 18.7 Å². The molecule has 0 aliphatic carbocycles. The maximum absolute atomic E-state index is 10.4. The maximum Gasteiger partial charge on any atom is 0.264 e. The van der Waals surface area contributed by atoms with Crippen LogP contribution in [0.5, 0.6) is 0 Å². The van der Waals surface area contributed by atoms with Gasteiger partial charge in [0.2, 0.25) is 0 Å². The lowest BCUT2D eigenvalue weighted by Gasteiger charge is -2.01. The second-order valence-electron chi connectivity index (χ2n) is 3.20. The predicted octanol–water partition coefficient (Wildman–Crippen LogP) is -0.180. The van der Waals surface area contributed by atoms with E-state index in [9.17, 15) is 8.42 Å². The highest BCUT2D eigenvalue weighted by Gasteiger charge is 2.02. The minimum atomic E-state index is -3.81. The summed E-state index contributed by atoms with van der Waals surface area (Å²) in [7, 11) is -3.81. The smallest absolute Gasteiger partial charge is 0.264 e. The van der Waals surface area contributed by atoms with Gasteiger partial charge in [0.1, 0.15) is 0 Å². The van der Waals surface area contributed by atoms with Crippen molar-refractivity contribution in [3.63, 3.8) is 0 Å². The molecule has 0 unspecified atom stereocenters. The van der Waals surface area contributed by atoms with Crippen LogP contribution in [0, 0.1) is 0 Å². The van der Waals surface area contributed by atoms with E-state index < -0.39 is 10.1 Å². The molecule has 0 saturated carbocycles. The van der Waals surface area contributed by atoms with Gasteiger partial charge >= 0.3 is 0 Å². The molecule has 0 amide bonds. The minimum absolute atomic E-state index is 0.192. The van der Waals surface area contributed by atoms with Crippen LogP contribution in [0.1, 0.15) is 12.1 Å². The highest BCUT2D eigenvalue weighted by atomic mass is 32.2. The lowest BCUT2D eigenvalue weighted by molar-refractivity contribution is 0.479. The molecule has 0 bridgehead atoms. The summed E-state index contributed by atoms with van der Waals surface area (Å²) in [5, 5.41) is 3.07. The zero-order valence-corrected chi connectivity index (χ0v) is 9.13. The summed E-state index contributed by atoms with van der Waals surface area (Å²) >= 11 is 0. The fourth-order valence-electron chi connectivity index (χ4n) is 1.15. The van der Waals surface area contributed by atoms with Gasteiger partial charge in [-0.25, -0.2) is 4.98 Å². The van der Waals surface area contributed by atoms with Crippen LogP contribution in [0.2, 0.25) is 0 Å². The van der Waals surface area contributed by atoms with Gasteiger partial charge in [0.15, 0.2) is 0 Å². The van der Waals surface area contributed by atoms with Gasteiger partial charge in [0, 0.05) is 19.2 Å². The van der Waals surface area contributed by atoms with Gasteiger partial charge in [0.25, 0.3) is 10.1 Å². The lowest BCUT2D eigenvalue weighted by atomic mass is 10.3. The van der Waals surface area contributed by atoms with E-state index >= 15 is 0 Å². The fourth-order valence-corrected chi connectivity index (χ4v) is 1.66. The maximum atomic E-state index is 10.4. The Morgan fingerprint density at radius 2 is 2.27 bits per heavy atom. The average molecular weight is 233 g/mol. The number of hydrogen-bond acceptors (Lipinski definition) is 4. The molecule has 7 heteroatoms. The normalized spacial score (nSPS) is 11.8. The monoisotopic (exact) mass is 233 g/mol. The molecule has 0 atom stereocenters. The van der Waals surface area contributed by atoms with Crippen LogP contribution < -0.4 is 5.32 Å². The molecule has 0 aliphatic rings. The van der Waals surface area contributed by atoms with Crippen molar-refractivity contribution in [2.75, 3.05) is 18.8 Å². The molecule has 0 saturated heterocycles. The predicted molar refractivity (Wildman–Crippen MR) is 56.2 cm³/mol. The SMILES string of the molecule is O=S(=O)(O)CCCNCCc1c[nH]cn1. The molecule has 1 aromatic heterocycles. The molecule has 1 rings (SSSR count). The third-order valence-electron chi connectivity index (χ3n) is 1.87. The van der Waals surface area contributed by atoms with E-state index in [2.05, 4.69) is 15.3 Å². The summed E-state index contributed by atoms with van der Waals surface area (Å²) in [4.78, 5) is 6.89. The highest BCUT2D eigenvalue weighted by molar-refractivity contribution is 7.85. The molecule has 0 fully saturated rings. The molecule has 86 valence electrons. The Morgan fingerprint density at radius 1 is 1.47 bits per heavy atom. The second kappa shape index (κ2) is 5.84. The van der Waals surface area contributed by atoms with Crippen LogP contribution in [0.15, 0.2) is 12.5 Å². The van der Waals surface area contributed by atoms with Crippen molar-refractivity contribution in [1.82, 2.24) is 15.3 Å². The Kier molecular flexibility index (Phi) is 4.73. The van der Waals surface area contributed by atoms with Crippen molar-refractivity contribution in [2.24, 2.45) is 0 Å². The summed E-state index contributed by atoms with van der Waals surface area (Å²) in [5.74, 6) is -0.192. The first kappa shape index (κ1) is 12.2. The molecule has 1 aromatic rings. The first-order chi connectivity index (χ1) is 7.08. The Morgan fingerprint density at radius 3 is 2.87 bits per heavy atom. The first-order valence-corrected chi connectivity index (χ1v) is 6.32. The van der Waals surface area contributed by atoms with Crippen LogP contribution in [-0.4, -0.2) is 41.8 Å². The van der Waals surface area contributed by atoms with Crippen LogP contribution in [-0.2, 0) is 16.5 Å². The number of rotatable bonds is 7. The number of hydrogen-bond donors (Lipinski definition) is 3. The lowest BCUT2D eigenvalue weighted by Crippen LogP contribution is -2.21. The third-order valence-corrected chi connectivity index (χ3v) is 2.67. The van der Waals surface area contributed by atoms with Crippen molar-refractivity contribution >= 4 is 10.1 Å². The fraction of sp³-hybridized carbons (Fsp3) is 0.625. The summed E-state index contributed by atoms with van der Waals surface area (Å²) in [6.45, 7) is 1.32. The van der Waals surface area contributed by atoms with Crippen LogP contribution >= 0.6 is 0 Å². The number of imidazole rings is 1. The van der Waals surface area contributed by atoms with Crippen LogP contribution in [0.3, 0.4) is 0 Å². The third kappa shape index (κ3) is 6.21. The topological polar surface area (TPSA) is 95.1 Å². The van der Waals surface area contributed by atoms with Crippen LogP contribution in [0.25, 0.3) is 0 Å². The molecule has 0 aromatic carbocycles.